The zero-order valence-corrected chi connectivity index (χ0v) is 10.7. The highest BCUT2D eigenvalue weighted by Crippen LogP contribution is 2.28. The van der Waals surface area contributed by atoms with E-state index in [1.54, 1.807) is 11.8 Å². The number of hydrogen-bond acceptors (Lipinski definition) is 4. The van der Waals surface area contributed by atoms with E-state index >= 15 is 0 Å². The lowest BCUT2D eigenvalue weighted by atomic mass is 10.2. The summed E-state index contributed by atoms with van der Waals surface area (Å²) in [6.45, 7) is 2.47. The van der Waals surface area contributed by atoms with Gasteiger partial charge in [0, 0.05) is 18.7 Å². The van der Waals surface area contributed by atoms with E-state index in [2.05, 4.69) is 5.32 Å². The molecule has 0 fully saturated rings. The number of benzene rings is 1. The van der Waals surface area contributed by atoms with Crippen molar-refractivity contribution < 1.29 is 13.7 Å². The molecule has 0 aromatic heterocycles. The quantitative estimate of drug-likeness (QED) is 0.471. The molecule has 7 heteroatoms. The van der Waals surface area contributed by atoms with E-state index in [1.807, 2.05) is 6.92 Å². The molecule has 1 aromatic rings. The van der Waals surface area contributed by atoms with E-state index in [0.717, 1.165) is 24.0 Å². The summed E-state index contributed by atoms with van der Waals surface area (Å²) in [5.74, 6) is -0.0990. The van der Waals surface area contributed by atoms with Gasteiger partial charge >= 0.3 is 5.69 Å². The van der Waals surface area contributed by atoms with E-state index in [0.29, 0.717) is 12.6 Å². The molecule has 0 unspecified atom stereocenters. The molecule has 0 radical (unpaired) electrons. The molecular weight excluding hydrogens is 262 g/mol. The zero-order chi connectivity index (χ0) is 13.5. The molecule has 0 atom stereocenters. The summed E-state index contributed by atoms with van der Waals surface area (Å²) in [6, 6.07) is 1.45. The van der Waals surface area contributed by atoms with Crippen molar-refractivity contribution in [3.05, 3.63) is 33.9 Å². The predicted octanol–water partition coefficient (Wildman–Crippen LogP) is 3.43. The van der Waals surface area contributed by atoms with Crippen molar-refractivity contribution in [1.82, 2.24) is 0 Å². The van der Waals surface area contributed by atoms with Gasteiger partial charge in [-0.15, -0.1) is 0 Å². The van der Waals surface area contributed by atoms with Crippen LogP contribution >= 0.6 is 11.8 Å². The summed E-state index contributed by atoms with van der Waals surface area (Å²) >= 11 is 1.74. The fourth-order valence-corrected chi connectivity index (χ4v) is 2.07. The summed E-state index contributed by atoms with van der Waals surface area (Å²) in [5.41, 5.74) is -0.821. The molecule has 100 valence electrons. The molecule has 0 bridgehead atoms. The molecule has 0 aliphatic carbocycles. The minimum atomic E-state index is -1.16. The Hall–Kier alpha value is -1.37. The highest BCUT2D eigenvalue weighted by Gasteiger charge is 2.21. The van der Waals surface area contributed by atoms with Crippen molar-refractivity contribution >= 4 is 23.1 Å². The number of rotatable bonds is 7. The SMILES string of the molecule is CCSCCCNc1cc(F)cc(F)c1[N+](=O)[O-]. The first-order valence-electron chi connectivity index (χ1n) is 5.51. The van der Waals surface area contributed by atoms with Crippen LogP contribution in [0.25, 0.3) is 0 Å². The van der Waals surface area contributed by atoms with Crippen LogP contribution in [-0.4, -0.2) is 23.0 Å². The first-order chi connectivity index (χ1) is 8.56. The van der Waals surface area contributed by atoms with Crippen LogP contribution in [0.2, 0.25) is 0 Å². The molecule has 1 N–H and O–H groups in total. The van der Waals surface area contributed by atoms with Crippen molar-refractivity contribution in [3.63, 3.8) is 0 Å². The van der Waals surface area contributed by atoms with Crippen molar-refractivity contribution in [1.29, 1.82) is 0 Å². The fraction of sp³-hybridized carbons (Fsp3) is 0.455. The largest absolute Gasteiger partial charge is 0.379 e. The van der Waals surface area contributed by atoms with E-state index in [-0.39, 0.29) is 5.69 Å². The molecule has 0 heterocycles. The molecule has 0 saturated heterocycles. The minimum Gasteiger partial charge on any atom is -0.379 e. The monoisotopic (exact) mass is 276 g/mol. The number of anilines is 1. The molecule has 4 nitrogen and oxygen atoms in total. The van der Waals surface area contributed by atoms with E-state index in [9.17, 15) is 18.9 Å². The van der Waals surface area contributed by atoms with Gasteiger partial charge in [-0.2, -0.15) is 16.2 Å². The van der Waals surface area contributed by atoms with Gasteiger partial charge in [0.15, 0.2) is 0 Å². The highest BCUT2D eigenvalue weighted by atomic mass is 32.2. The summed E-state index contributed by atoms with van der Waals surface area (Å²) in [5, 5.41) is 13.4. The van der Waals surface area contributed by atoms with Gasteiger partial charge in [0.05, 0.1) is 4.92 Å². The van der Waals surface area contributed by atoms with Gasteiger partial charge in [-0.3, -0.25) is 10.1 Å². The molecule has 0 saturated carbocycles. The van der Waals surface area contributed by atoms with E-state index < -0.39 is 22.2 Å². The molecule has 0 spiro atoms. The topological polar surface area (TPSA) is 55.2 Å². The molecular formula is C11H14F2N2O2S. The van der Waals surface area contributed by atoms with Crippen LogP contribution in [0.3, 0.4) is 0 Å². The maximum absolute atomic E-state index is 13.3. The lowest BCUT2D eigenvalue weighted by Crippen LogP contribution is -2.07. The first-order valence-corrected chi connectivity index (χ1v) is 6.66. The van der Waals surface area contributed by atoms with E-state index in [4.69, 9.17) is 0 Å². The Morgan fingerprint density at radius 2 is 2.17 bits per heavy atom. The Labute approximate surface area is 108 Å². The Morgan fingerprint density at radius 3 is 2.78 bits per heavy atom. The Kier molecular flexibility index (Phi) is 5.84. The van der Waals surface area contributed by atoms with Crippen molar-refractivity contribution in [2.75, 3.05) is 23.4 Å². The van der Waals surface area contributed by atoms with Gasteiger partial charge in [0.2, 0.25) is 5.82 Å². The Bertz CT molecular complexity index is 430. The summed E-state index contributed by atoms with van der Waals surface area (Å²) in [7, 11) is 0. The number of hydrogen-bond donors (Lipinski definition) is 1. The smallest absolute Gasteiger partial charge is 0.327 e. The van der Waals surface area contributed by atoms with Crippen LogP contribution in [0.4, 0.5) is 20.2 Å². The predicted molar refractivity (Wildman–Crippen MR) is 69.1 cm³/mol. The third-order valence-corrected chi connectivity index (χ3v) is 3.18. The molecule has 0 aliphatic heterocycles. The number of nitro benzene ring substituents is 1. The van der Waals surface area contributed by atoms with Gasteiger partial charge in [-0.25, -0.2) is 4.39 Å². The highest BCUT2D eigenvalue weighted by molar-refractivity contribution is 7.99. The second-order valence-electron chi connectivity index (χ2n) is 3.52. The van der Waals surface area contributed by atoms with E-state index in [1.165, 1.54) is 0 Å². The van der Waals surface area contributed by atoms with Crippen molar-refractivity contribution in [2.24, 2.45) is 0 Å². The maximum Gasteiger partial charge on any atom is 0.327 e. The number of nitro groups is 1. The number of thioether (sulfide) groups is 1. The second kappa shape index (κ2) is 7.15. The van der Waals surface area contributed by atoms with Gasteiger partial charge < -0.3 is 5.32 Å². The molecule has 1 aromatic carbocycles. The van der Waals surface area contributed by atoms with Gasteiger partial charge in [0.1, 0.15) is 11.5 Å². The van der Waals surface area contributed by atoms with Crippen molar-refractivity contribution in [3.8, 4) is 0 Å². The average molecular weight is 276 g/mol. The summed E-state index contributed by atoms with van der Waals surface area (Å²) < 4.78 is 26.3. The molecule has 18 heavy (non-hydrogen) atoms. The number of nitrogens with one attached hydrogen (secondary N) is 1. The molecule has 0 amide bonds. The maximum atomic E-state index is 13.3. The van der Waals surface area contributed by atoms with Gasteiger partial charge in [-0.05, 0) is 17.9 Å². The fourth-order valence-electron chi connectivity index (χ4n) is 1.43. The third kappa shape index (κ3) is 4.14. The van der Waals surface area contributed by atoms with Crippen LogP contribution in [-0.2, 0) is 0 Å². The van der Waals surface area contributed by atoms with Crippen LogP contribution in [0.15, 0.2) is 12.1 Å². The second-order valence-corrected chi connectivity index (χ2v) is 4.91. The minimum absolute atomic E-state index is 0.112. The van der Waals surface area contributed by atoms with Crippen LogP contribution < -0.4 is 5.32 Å². The zero-order valence-electron chi connectivity index (χ0n) is 9.91. The summed E-state index contributed by atoms with van der Waals surface area (Å²) in [6.07, 6.45) is 0.772. The average Bonchev–Trinajstić information content (AvgIpc) is 2.27. The van der Waals surface area contributed by atoms with Crippen LogP contribution in [0.5, 0.6) is 0 Å². The molecule has 1 rings (SSSR count). The van der Waals surface area contributed by atoms with Crippen LogP contribution in [0, 0.1) is 21.7 Å². The lowest BCUT2D eigenvalue weighted by Gasteiger charge is -2.07. The summed E-state index contributed by atoms with van der Waals surface area (Å²) in [4.78, 5) is 9.84. The molecule has 0 aliphatic rings. The van der Waals surface area contributed by atoms with Crippen molar-refractivity contribution in [2.45, 2.75) is 13.3 Å². The first kappa shape index (κ1) is 14.7. The standard InChI is InChI=1S/C11H14F2N2O2S/c1-2-18-5-3-4-14-10-7-8(12)6-9(13)11(10)15(16)17/h6-7,14H,2-5H2,1H3. The Morgan fingerprint density at radius 1 is 1.44 bits per heavy atom. The third-order valence-electron chi connectivity index (χ3n) is 2.20. The van der Waals surface area contributed by atoms with Crippen LogP contribution in [0.1, 0.15) is 13.3 Å². The Balaban J connectivity index is 2.71. The number of nitrogens with zero attached hydrogens (tertiary/aromatic N) is 1. The van der Waals surface area contributed by atoms with Gasteiger partial charge in [-0.1, -0.05) is 6.92 Å². The lowest BCUT2D eigenvalue weighted by molar-refractivity contribution is -0.386. The number of halogens is 2. The van der Waals surface area contributed by atoms with Gasteiger partial charge in [0.25, 0.3) is 0 Å². The normalized spacial score (nSPS) is 10.4.